The number of halogens is 2. The monoisotopic (exact) mass is 319 g/mol. The normalized spacial score (nSPS) is 26.6. The summed E-state index contributed by atoms with van der Waals surface area (Å²) in [6.07, 6.45) is 2.31. The zero-order chi connectivity index (χ0) is 10.9. The predicted octanol–water partition coefficient (Wildman–Crippen LogP) is 3.07. The molecular formula is C12H15FIN. The summed E-state index contributed by atoms with van der Waals surface area (Å²) >= 11 is 2.03. The van der Waals surface area contributed by atoms with E-state index in [0.29, 0.717) is 3.57 Å². The topological polar surface area (TPSA) is 12.0 Å². The van der Waals surface area contributed by atoms with E-state index in [1.54, 1.807) is 6.07 Å². The minimum Gasteiger partial charge on any atom is -0.316 e. The minimum atomic E-state index is -0.0973. The van der Waals surface area contributed by atoms with E-state index in [2.05, 4.69) is 18.3 Å². The summed E-state index contributed by atoms with van der Waals surface area (Å²) in [5, 5.41) is 3.38. The van der Waals surface area contributed by atoms with Crippen molar-refractivity contribution < 1.29 is 4.39 Å². The minimum absolute atomic E-state index is 0.0973. The maximum atomic E-state index is 13.5. The van der Waals surface area contributed by atoms with Gasteiger partial charge in [-0.3, -0.25) is 0 Å². The Balaban J connectivity index is 2.31. The highest BCUT2D eigenvalue weighted by Gasteiger charge is 2.29. The molecule has 1 nitrogen and oxygen atoms in total. The van der Waals surface area contributed by atoms with Crippen molar-refractivity contribution in [2.24, 2.45) is 0 Å². The number of hydrogen-bond donors (Lipinski definition) is 1. The molecule has 1 aromatic carbocycles. The van der Waals surface area contributed by atoms with Gasteiger partial charge in [-0.1, -0.05) is 13.0 Å². The van der Waals surface area contributed by atoms with Gasteiger partial charge in [-0.05, 0) is 59.7 Å². The number of nitrogens with one attached hydrogen (secondary N) is 1. The van der Waals surface area contributed by atoms with Crippen LogP contribution in [0.25, 0.3) is 0 Å². The first-order chi connectivity index (χ1) is 7.12. The molecule has 82 valence electrons. The SMILES string of the molecule is CC1(c2ccc(I)c(F)c2)CCCNC1. The highest BCUT2D eigenvalue weighted by atomic mass is 127. The second-order valence-corrected chi connectivity index (χ2v) is 5.63. The van der Waals surface area contributed by atoms with Gasteiger partial charge >= 0.3 is 0 Å². The van der Waals surface area contributed by atoms with Crippen LogP contribution in [-0.4, -0.2) is 13.1 Å². The Hall–Kier alpha value is -0.160. The van der Waals surface area contributed by atoms with Crippen LogP contribution in [0, 0.1) is 9.39 Å². The maximum absolute atomic E-state index is 13.5. The Morgan fingerprint density at radius 3 is 2.87 bits per heavy atom. The van der Waals surface area contributed by atoms with Crippen molar-refractivity contribution in [1.82, 2.24) is 5.32 Å². The molecule has 2 rings (SSSR count). The molecule has 0 bridgehead atoms. The summed E-state index contributed by atoms with van der Waals surface area (Å²) < 4.78 is 14.2. The van der Waals surface area contributed by atoms with E-state index < -0.39 is 0 Å². The summed E-state index contributed by atoms with van der Waals surface area (Å²) in [5.41, 5.74) is 1.22. The summed E-state index contributed by atoms with van der Waals surface area (Å²) in [4.78, 5) is 0. The number of piperidine rings is 1. The van der Waals surface area contributed by atoms with E-state index in [9.17, 15) is 4.39 Å². The Kier molecular flexibility index (Phi) is 3.30. The van der Waals surface area contributed by atoms with Crippen LogP contribution < -0.4 is 5.32 Å². The molecule has 1 unspecified atom stereocenters. The van der Waals surface area contributed by atoms with Crippen LogP contribution in [0.3, 0.4) is 0 Å². The van der Waals surface area contributed by atoms with Crippen molar-refractivity contribution in [2.45, 2.75) is 25.2 Å². The standard InChI is InChI=1S/C12H15FIN/c1-12(5-2-6-15-8-12)9-3-4-11(14)10(13)7-9/h3-4,7,15H,2,5-6,8H2,1H3. The van der Waals surface area contributed by atoms with Crippen LogP contribution in [-0.2, 0) is 5.41 Å². The summed E-state index contributed by atoms with van der Waals surface area (Å²) in [6.45, 7) is 4.25. The lowest BCUT2D eigenvalue weighted by molar-refractivity contribution is 0.338. The van der Waals surface area contributed by atoms with Crippen LogP contribution in [0.1, 0.15) is 25.3 Å². The van der Waals surface area contributed by atoms with Crippen LogP contribution in [0.5, 0.6) is 0 Å². The molecule has 0 spiro atoms. The molecule has 1 aromatic rings. The lowest BCUT2D eigenvalue weighted by Crippen LogP contribution is -2.41. The highest BCUT2D eigenvalue weighted by Crippen LogP contribution is 2.31. The Labute approximate surface area is 104 Å². The molecule has 1 saturated heterocycles. The fourth-order valence-electron chi connectivity index (χ4n) is 2.17. The van der Waals surface area contributed by atoms with Crippen LogP contribution in [0.15, 0.2) is 18.2 Å². The third-order valence-electron chi connectivity index (χ3n) is 3.21. The average molecular weight is 319 g/mol. The highest BCUT2D eigenvalue weighted by molar-refractivity contribution is 14.1. The lowest BCUT2D eigenvalue weighted by Gasteiger charge is -2.34. The van der Waals surface area contributed by atoms with E-state index in [4.69, 9.17) is 0 Å². The van der Waals surface area contributed by atoms with Gasteiger partial charge in [0.2, 0.25) is 0 Å². The quantitative estimate of drug-likeness (QED) is 0.785. The second-order valence-electron chi connectivity index (χ2n) is 4.47. The third-order valence-corrected chi connectivity index (χ3v) is 4.09. The smallest absolute Gasteiger partial charge is 0.136 e. The van der Waals surface area contributed by atoms with E-state index in [-0.39, 0.29) is 11.2 Å². The van der Waals surface area contributed by atoms with Crippen molar-refractivity contribution in [3.05, 3.63) is 33.1 Å². The zero-order valence-electron chi connectivity index (χ0n) is 8.82. The number of hydrogen-bond acceptors (Lipinski definition) is 1. The molecule has 0 aliphatic carbocycles. The fourth-order valence-corrected chi connectivity index (χ4v) is 2.51. The molecule has 0 radical (unpaired) electrons. The third kappa shape index (κ3) is 2.33. The van der Waals surface area contributed by atoms with Gasteiger partial charge in [0.05, 0.1) is 0 Å². The van der Waals surface area contributed by atoms with Gasteiger partial charge in [-0.15, -0.1) is 0 Å². The predicted molar refractivity (Wildman–Crippen MR) is 68.6 cm³/mol. The fraction of sp³-hybridized carbons (Fsp3) is 0.500. The van der Waals surface area contributed by atoms with E-state index in [1.165, 1.54) is 6.42 Å². The number of rotatable bonds is 1. The van der Waals surface area contributed by atoms with Gasteiger partial charge < -0.3 is 5.32 Å². The molecule has 1 fully saturated rings. The van der Waals surface area contributed by atoms with Crippen molar-refractivity contribution in [3.8, 4) is 0 Å². The molecule has 0 saturated carbocycles. The van der Waals surface area contributed by atoms with Gasteiger partial charge in [0.1, 0.15) is 5.82 Å². The van der Waals surface area contributed by atoms with Gasteiger partial charge in [-0.25, -0.2) is 4.39 Å². The average Bonchev–Trinajstić information content (AvgIpc) is 2.23. The first-order valence-electron chi connectivity index (χ1n) is 5.28. The Morgan fingerprint density at radius 1 is 1.47 bits per heavy atom. The Bertz CT molecular complexity index is 359. The molecule has 1 atom stereocenters. The molecule has 1 N–H and O–H groups in total. The first kappa shape index (κ1) is 11.3. The van der Waals surface area contributed by atoms with Gasteiger partial charge in [-0.2, -0.15) is 0 Å². The largest absolute Gasteiger partial charge is 0.316 e. The second kappa shape index (κ2) is 4.37. The maximum Gasteiger partial charge on any atom is 0.136 e. The van der Waals surface area contributed by atoms with Gasteiger partial charge in [0.15, 0.2) is 0 Å². The molecular weight excluding hydrogens is 304 g/mol. The zero-order valence-corrected chi connectivity index (χ0v) is 11.0. The first-order valence-corrected chi connectivity index (χ1v) is 6.36. The number of benzene rings is 1. The van der Waals surface area contributed by atoms with Crippen molar-refractivity contribution in [3.63, 3.8) is 0 Å². The van der Waals surface area contributed by atoms with E-state index in [1.807, 2.05) is 28.7 Å². The summed E-state index contributed by atoms with van der Waals surface area (Å²) in [7, 11) is 0. The molecule has 1 heterocycles. The molecule has 1 aliphatic heterocycles. The molecule has 0 aromatic heterocycles. The molecule has 15 heavy (non-hydrogen) atoms. The summed E-state index contributed by atoms with van der Waals surface area (Å²) in [5.74, 6) is -0.0973. The van der Waals surface area contributed by atoms with Crippen LogP contribution in [0.2, 0.25) is 0 Å². The van der Waals surface area contributed by atoms with Crippen molar-refractivity contribution in [1.29, 1.82) is 0 Å². The lowest BCUT2D eigenvalue weighted by atomic mass is 9.76. The van der Waals surface area contributed by atoms with Crippen molar-refractivity contribution in [2.75, 3.05) is 13.1 Å². The van der Waals surface area contributed by atoms with Crippen LogP contribution in [0.4, 0.5) is 4.39 Å². The van der Waals surface area contributed by atoms with Gasteiger partial charge in [0.25, 0.3) is 0 Å². The molecule has 3 heteroatoms. The molecule has 1 aliphatic rings. The van der Waals surface area contributed by atoms with Crippen molar-refractivity contribution >= 4 is 22.6 Å². The Morgan fingerprint density at radius 2 is 2.27 bits per heavy atom. The van der Waals surface area contributed by atoms with E-state index in [0.717, 1.165) is 25.1 Å². The molecule has 0 amide bonds. The van der Waals surface area contributed by atoms with E-state index >= 15 is 0 Å². The van der Waals surface area contributed by atoms with Gasteiger partial charge in [0, 0.05) is 15.5 Å². The summed E-state index contributed by atoms with van der Waals surface area (Å²) in [6, 6.07) is 5.61. The van der Waals surface area contributed by atoms with Crippen LogP contribution >= 0.6 is 22.6 Å².